The van der Waals surface area contributed by atoms with E-state index in [1.807, 2.05) is 0 Å². The molecule has 0 amide bonds. The van der Waals surface area contributed by atoms with Crippen LogP contribution in [-0.4, -0.2) is 36.7 Å². The van der Waals surface area contributed by atoms with E-state index < -0.39 is 9.84 Å². The maximum Gasteiger partial charge on any atom is 0.150 e. The van der Waals surface area contributed by atoms with Crippen molar-refractivity contribution in [3.05, 3.63) is 0 Å². The molecule has 0 saturated carbocycles. The normalized spacial score (nSPS) is 21.8. The summed E-state index contributed by atoms with van der Waals surface area (Å²) in [6, 6.07) is 0. The second-order valence-corrected chi connectivity index (χ2v) is 7.59. The summed E-state index contributed by atoms with van der Waals surface area (Å²) < 4.78 is 22.4. The Labute approximate surface area is 95.9 Å². The number of carbonyl (C=O) groups is 1. The standard InChI is InChI=1S/C10H18O3S2/c1-2-15(12,13)8-4-5-9(11)10-6-3-7-14-10/h10H,2-8H2,1H3. The first-order valence-electron chi connectivity index (χ1n) is 5.40. The summed E-state index contributed by atoms with van der Waals surface area (Å²) in [6.45, 7) is 1.64. The maximum atomic E-state index is 11.6. The molecule has 0 aliphatic carbocycles. The van der Waals surface area contributed by atoms with Crippen LogP contribution >= 0.6 is 11.8 Å². The van der Waals surface area contributed by atoms with Gasteiger partial charge >= 0.3 is 0 Å². The summed E-state index contributed by atoms with van der Waals surface area (Å²) in [7, 11) is -2.90. The predicted molar refractivity (Wildman–Crippen MR) is 64.0 cm³/mol. The monoisotopic (exact) mass is 250 g/mol. The van der Waals surface area contributed by atoms with Crippen molar-refractivity contribution in [2.24, 2.45) is 0 Å². The lowest BCUT2D eigenvalue weighted by atomic mass is 10.1. The van der Waals surface area contributed by atoms with Gasteiger partial charge < -0.3 is 0 Å². The van der Waals surface area contributed by atoms with E-state index in [1.165, 1.54) is 0 Å². The zero-order chi connectivity index (χ0) is 11.3. The van der Waals surface area contributed by atoms with Crippen molar-refractivity contribution >= 4 is 27.4 Å². The molecule has 0 aromatic rings. The molecule has 0 radical (unpaired) electrons. The first-order valence-corrected chi connectivity index (χ1v) is 8.27. The van der Waals surface area contributed by atoms with E-state index in [2.05, 4.69) is 0 Å². The van der Waals surface area contributed by atoms with Crippen LogP contribution in [0.25, 0.3) is 0 Å². The fourth-order valence-electron chi connectivity index (χ4n) is 1.60. The van der Waals surface area contributed by atoms with Gasteiger partial charge in [-0.15, -0.1) is 0 Å². The minimum Gasteiger partial charge on any atom is -0.298 e. The average Bonchev–Trinajstić information content (AvgIpc) is 2.70. The summed E-state index contributed by atoms with van der Waals surface area (Å²) >= 11 is 1.72. The summed E-state index contributed by atoms with van der Waals surface area (Å²) in [5, 5.41) is 0.148. The molecule has 1 aliphatic rings. The Kier molecular flexibility index (Phi) is 5.12. The van der Waals surface area contributed by atoms with Crippen LogP contribution in [-0.2, 0) is 14.6 Å². The van der Waals surface area contributed by atoms with Gasteiger partial charge in [-0.2, -0.15) is 11.8 Å². The molecule has 1 aliphatic heterocycles. The zero-order valence-electron chi connectivity index (χ0n) is 9.07. The number of Topliss-reactive ketones (excluding diaryl/α,β-unsaturated/α-hetero) is 1. The second-order valence-electron chi connectivity index (χ2n) is 3.81. The third-order valence-corrected chi connectivity index (χ3v) is 5.82. The van der Waals surface area contributed by atoms with E-state index in [9.17, 15) is 13.2 Å². The molecular formula is C10H18O3S2. The van der Waals surface area contributed by atoms with Gasteiger partial charge in [0.1, 0.15) is 15.6 Å². The van der Waals surface area contributed by atoms with Crippen LogP contribution in [0.3, 0.4) is 0 Å². The van der Waals surface area contributed by atoms with E-state index in [4.69, 9.17) is 0 Å². The van der Waals surface area contributed by atoms with Crippen molar-refractivity contribution in [2.75, 3.05) is 17.3 Å². The first-order chi connectivity index (χ1) is 7.05. The third-order valence-electron chi connectivity index (χ3n) is 2.61. The van der Waals surface area contributed by atoms with Crippen LogP contribution in [0.2, 0.25) is 0 Å². The molecule has 88 valence electrons. The molecule has 1 fully saturated rings. The van der Waals surface area contributed by atoms with Crippen molar-refractivity contribution in [3.63, 3.8) is 0 Å². The Hall–Kier alpha value is -0.0300. The Balaban J connectivity index is 2.22. The van der Waals surface area contributed by atoms with Gasteiger partial charge in [0, 0.05) is 12.2 Å². The molecule has 15 heavy (non-hydrogen) atoms. The Morgan fingerprint density at radius 3 is 2.73 bits per heavy atom. The average molecular weight is 250 g/mol. The summed E-state index contributed by atoms with van der Waals surface area (Å²) in [5.41, 5.74) is 0. The van der Waals surface area contributed by atoms with Crippen LogP contribution in [0.1, 0.15) is 32.6 Å². The van der Waals surface area contributed by atoms with Gasteiger partial charge in [-0.1, -0.05) is 6.92 Å². The fourth-order valence-corrected chi connectivity index (χ4v) is 3.73. The molecule has 5 heteroatoms. The molecule has 3 nitrogen and oxygen atoms in total. The lowest BCUT2D eigenvalue weighted by molar-refractivity contribution is -0.118. The number of ketones is 1. The molecule has 0 aromatic carbocycles. The molecule has 0 aromatic heterocycles. The Bertz CT molecular complexity index is 303. The minimum atomic E-state index is -2.90. The summed E-state index contributed by atoms with van der Waals surface area (Å²) in [5.74, 6) is 1.65. The summed E-state index contributed by atoms with van der Waals surface area (Å²) in [6.07, 6.45) is 3.02. The van der Waals surface area contributed by atoms with Gasteiger partial charge in [-0.3, -0.25) is 4.79 Å². The zero-order valence-corrected chi connectivity index (χ0v) is 10.7. The van der Waals surface area contributed by atoms with Crippen molar-refractivity contribution in [1.82, 2.24) is 0 Å². The smallest absolute Gasteiger partial charge is 0.150 e. The molecule has 1 heterocycles. The van der Waals surface area contributed by atoms with Crippen LogP contribution in [0.5, 0.6) is 0 Å². The largest absolute Gasteiger partial charge is 0.298 e. The first kappa shape index (κ1) is 13.0. The van der Waals surface area contributed by atoms with Gasteiger partial charge in [0.2, 0.25) is 0 Å². The number of carbonyl (C=O) groups excluding carboxylic acids is 1. The second kappa shape index (κ2) is 5.89. The highest BCUT2D eigenvalue weighted by Gasteiger charge is 2.22. The number of sulfone groups is 1. The van der Waals surface area contributed by atoms with Crippen molar-refractivity contribution < 1.29 is 13.2 Å². The molecule has 1 unspecified atom stereocenters. The highest BCUT2D eigenvalue weighted by Crippen LogP contribution is 2.27. The SMILES string of the molecule is CCS(=O)(=O)CCCC(=O)C1CCCS1. The fraction of sp³-hybridized carbons (Fsp3) is 0.900. The lowest BCUT2D eigenvalue weighted by Gasteiger charge is -2.06. The molecule has 1 rings (SSSR count). The molecule has 0 N–H and O–H groups in total. The van der Waals surface area contributed by atoms with Gasteiger partial charge in [0.25, 0.3) is 0 Å². The Morgan fingerprint density at radius 2 is 2.20 bits per heavy atom. The molecule has 1 atom stereocenters. The van der Waals surface area contributed by atoms with Crippen LogP contribution < -0.4 is 0 Å². The van der Waals surface area contributed by atoms with E-state index in [1.54, 1.807) is 18.7 Å². The number of hydrogen-bond donors (Lipinski definition) is 0. The number of thioether (sulfide) groups is 1. The highest BCUT2D eigenvalue weighted by atomic mass is 32.2. The van der Waals surface area contributed by atoms with Crippen molar-refractivity contribution in [1.29, 1.82) is 0 Å². The van der Waals surface area contributed by atoms with E-state index in [-0.39, 0.29) is 22.5 Å². The van der Waals surface area contributed by atoms with Gasteiger partial charge in [0.05, 0.1) is 11.0 Å². The van der Waals surface area contributed by atoms with Crippen molar-refractivity contribution in [3.8, 4) is 0 Å². The molecular weight excluding hydrogens is 232 g/mol. The van der Waals surface area contributed by atoms with Crippen LogP contribution in [0, 0.1) is 0 Å². The van der Waals surface area contributed by atoms with Crippen LogP contribution in [0.4, 0.5) is 0 Å². The number of hydrogen-bond acceptors (Lipinski definition) is 4. The molecule has 1 saturated heterocycles. The van der Waals surface area contributed by atoms with E-state index >= 15 is 0 Å². The lowest BCUT2D eigenvalue weighted by Crippen LogP contribution is -2.16. The topological polar surface area (TPSA) is 51.2 Å². The molecule has 0 bridgehead atoms. The Morgan fingerprint density at radius 1 is 1.47 bits per heavy atom. The third kappa shape index (κ3) is 4.55. The minimum absolute atomic E-state index is 0.148. The summed E-state index contributed by atoms with van der Waals surface area (Å²) in [4.78, 5) is 11.6. The van der Waals surface area contributed by atoms with E-state index in [0.29, 0.717) is 12.8 Å². The number of rotatable bonds is 6. The van der Waals surface area contributed by atoms with Gasteiger partial charge in [0.15, 0.2) is 0 Å². The maximum absolute atomic E-state index is 11.6. The quantitative estimate of drug-likeness (QED) is 0.719. The van der Waals surface area contributed by atoms with Gasteiger partial charge in [-0.05, 0) is 25.0 Å². The highest BCUT2D eigenvalue weighted by molar-refractivity contribution is 8.00. The van der Waals surface area contributed by atoms with Crippen LogP contribution in [0.15, 0.2) is 0 Å². The van der Waals surface area contributed by atoms with Crippen molar-refractivity contribution in [2.45, 2.75) is 37.9 Å². The molecule has 0 spiro atoms. The van der Waals surface area contributed by atoms with E-state index in [0.717, 1.165) is 18.6 Å². The van der Waals surface area contributed by atoms with Gasteiger partial charge in [-0.25, -0.2) is 8.42 Å². The predicted octanol–water partition coefficient (Wildman–Crippen LogP) is 1.67.